The summed E-state index contributed by atoms with van der Waals surface area (Å²) in [4.78, 5) is 13.7. The zero-order chi connectivity index (χ0) is 15.2. The third kappa shape index (κ3) is 4.98. The van der Waals surface area contributed by atoms with Gasteiger partial charge in [0.2, 0.25) is 5.91 Å². The number of carbonyl (C=O) groups is 1. The Morgan fingerprint density at radius 2 is 1.95 bits per heavy atom. The summed E-state index contributed by atoms with van der Waals surface area (Å²) in [6.07, 6.45) is 1.94. The van der Waals surface area contributed by atoms with Gasteiger partial charge in [-0.05, 0) is 24.0 Å². The molecule has 0 fully saturated rings. The van der Waals surface area contributed by atoms with Crippen molar-refractivity contribution in [3.63, 3.8) is 0 Å². The summed E-state index contributed by atoms with van der Waals surface area (Å²) in [5, 5.41) is 7.99. The van der Waals surface area contributed by atoms with Crippen LogP contribution in [0.5, 0.6) is 0 Å². The minimum Gasteiger partial charge on any atom is -0.341 e. The molecule has 2 rings (SSSR count). The summed E-state index contributed by atoms with van der Waals surface area (Å²) in [7, 11) is 1.74. The second-order valence-electron chi connectivity index (χ2n) is 4.20. The van der Waals surface area contributed by atoms with Crippen molar-refractivity contribution < 1.29 is 9.18 Å². The lowest BCUT2D eigenvalue weighted by Crippen LogP contribution is -2.27. The van der Waals surface area contributed by atoms with Crippen LogP contribution in [0.25, 0.3) is 0 Å². The van der Waals surface area contributed by atoms with Gasteiger partial charge in [0.15, 0.2) is 8.68 Å². The Balaban J connectivity index is 1.83. The highest BCUT2D eigenvalue weighted by atomic mass is 32.2. The van der Waals surface area contributed by atoms with Gasteiger partial charge in [0.05, 0.1) is 5.75 Å². The van der Waals surface area contributed by atoms with Gasteiger partial charge in [-0.2, -0.15) is 0 Å². The van der Waals surface area contributed by atoms with E-state index >= 15 is 0 Å². The minimum atomic E-state index is -0.274. The predicted molar refractivity (Wildman–Crippen MR) is 85.3 cm³/mol. The van der Waals surface area contributed by atoms with Crippen LogP contribution in [0.15, 0.2) is 32.9 Å². The van der Waals surface area contributed by atoms with Crippen molar-refractivity contribution in [1.29, 1.82) is 0 Å². The molecule has 0 unspecified atom stereocenters. The van der Waals surface area contributed by atoms with Crippen LogP contribution in [0.3, 0.4) is 0 Å². The van der Waals surface area contributed by atoms with E-state index in [0.717, 1.165) is 14.2 Å². The molecule has 0 N–H and O–H groups in total. The van der Waals surface area contributed by atoms with Gasteiger partial charge in [0.1, 0.15) is 5.82 Å². The lowest BCUT2D eigenvalue weighted by molar-refractivity contribution is -0.127. The second-order valence-corrected chi connectivity index (χ2v) is 7.46. The molecule has 2 aromatic rings. The number of rotatable bonds is 6. The first-order chi connectivity index (χ1) is 10.1. The van der Waals surface area contributed by atoms with Crippen molar-refractivity contribution in [2.24, 2.45) is 0 Å². The van der Waals surface area contributed by atoms with Crippen molar-refractivity contribution in [3.8, 4) is 0 Å². The molecule has 0 radical (unpaired) electrons. The molecule has 0 atom stereocenters. The Kier molecular flexibility index (Phi) is 6.01. The standard InChI is InChI=1S/C13H14FN3OS3/c1-17(7-9-3-5-10(14)6-4-9)11(18)8-20-13-16-15-12(19-2)21-13/h3-6H,7-8H2,1-2H3. The van der Waals surface area contributed by atoms with Gasteiger partial charge in [-0.15, -0.1) is 10.2 Å². The maximum atomic E-state index is 12.8. The van der Waals surface area contributed by atoms with E-state index in [-0.39, 0.29) is 11.7 Å². The van der Waals surface area contributed by atoms with E-state index in [1.165, 1.54) is 47.0 Å². The number of halogens is 1. The van der Waals surface area contributed by atoms with Gasteiger partial charge < -0.3 is 4.90 Å². The van der Waals surface area contributed by atoms with Gasteiger partial charge in [-0.25, -0.2) is 4.39 Å². The van der Waals surface area contributed by atoms with Crippen molar-refractivity contribution in [3.05, 3.63) is 35.6 Å². The lowest BCUT2D eigenvalue weighted by atomic mass is 10.2. The number of nitrogens with zero attached hydrogens (tertiary/aromatic N) is 3. The first-order valence-electron chi connectivity index (χ1n) is 6.07. The SMILES string of the molecule is CSc1nnc(SCC(=O)N(C)Cc2ccc(F)cc2)s1. The molecule has 0 aliphatic rings. The average Bonchev–Trinajstić information content (AvgIpc) is 2.95. The Hall–Kier alpha value is -1.12. The zero-order valence-corrected chi connectivity index (χ0v) is 14.0. The number of carbonyl (C=O) groups excluding carboxylic acids is 1. The predicted octanol–water partition coefficient (Wildman–Crippen LogP) is 3.15. The van der Waals surface area contributed by atoms with E-state index in [9.17, 15) is 9.18 Å². The zero-order valence-electron chi connectivity index (χ0n) is 11.6. The molecule has 4 nitrogen and oxygen atoms in total. The van der Waals surface area contributed by atoms with Crippen LogP contribution >= 0.6 is 34.9 Å². The number of benzene rings is 1. The third-order valence-electron chi connectivity index (χ3n) is 2.64. The largest absolute Gasteiger partial charge is 0.341 e. The number of hydrogen-bond acceptors (Lipinski definition) is 6. The van der Waals surface area contributed by atoms with Crippen LogP contribution in [0, 0.1) is 5.82 Å². The molecular weight excluding hydrogens is 329 g/mol. The number of hydrogen-bond donors (Lipinski definition) is 0. The van der Waals surface area contributed by atoms with Crippen molar-refractivity contribution in [1.82, 2.24) is 15.1 Å². The smallest absolute Gasteiger partial charge is 0.233 e. The average molecular weight is 343 g/mol. The molecule has 0 aliphatic heterocycles. The fourth-order valence-corrected chi connectivity index (χ4v) is 3.90. The summed E-state index contributed by atoms with van der Waals surface area (Å²) in [6.45, 7) is 0.464. The maximum Gasteiger partial charge on any atom is 0.233 e. The molecule has 0 saturated carbocycles. The Morgan fingerprint density at radius 1 is 1.29 bits per heavy atom. The maximum absolute atomic E-state index is 12.8. The Labute approximate surface area is 135 Å². The van der Waals surface area contributed by atoms with E-state index in [0.29, 0.717) is 12.3 Å². The molecule has 0 spiro atoms. The van der Waals surface area contributed by atoms with Crippen LogP contribution in [0.1, 0.15) is 5.56 Å². The van der Waals surface area contributed by atoms with E-state index in [1.807, 2.05) is 6.26 Å². The molecule has 112 valence electrons. The van der Waals surface area contributed by atoms with Gasteiger partial charge in [0, 0.05) is 13.6 Å². The molecule has 1 aromatic heterocycles. The van der Waals surface area contributed by atoms with E-state index in [4.69, 9.17) is 0 Å². The molecule has 1 heterocycles. The second kappa shape index (κ2) is 7.77. The topological polar surface area (TPSA) is 46.1 Å². The fraction of sp³-hybridized carbons (Fsp3) is 0.308. The number of amides is 1. The third-order valence-corrected chi connectivity index (χ3v) is 5.66. The van der Waals surface area contributed by atoms with Crippen LogP contribution in [-0.4, -0.2) is 40.1 Å². The molecule has 1 amide bonds. The fourth-order valence-electron chi connectivity index (χ4n) is 1.52. The Bertz CT molecular complexity index is 603. The first-order valence-corrected chi connectivity index (χ1v) is 9.10. The van der Waals surface area contributed by atoms with Crippen LogP contribution in [0.2, 0.25) is 0 Å². The summed E-state index contributed by atoms with van der Waals surface area (Å²) in [5.74, 6) is 0.0511. The van der Waals surface area contributed by atoms with Crippen LogP contribution in [0.4, 0.5) is 4.39 Å². The monoisotopic (exact) mass is 343 g/mol. The highest BCUT2D eigenvalue weighted by Crippen LogP contribution is 2.27. The molecule has 0 aliphatic carbocycles. The van der Waals surface area contributed by atoms with Crippen molar-refractivity contribution in [2.45, 2.75) is 15.2 Å². The normalized spacial score (nSPS) is 10.6. The summed E-state index contributed by atoms with van der Waals surface area (Å²) < 4.78 is 14.5. The van der Waals surface area contributed by atoms with Gasteiger partial charge in [-0.3, -0.25) is 4.79 Å². The minimum absolute atomic E-state index is 0.00484. The van der Waals surface area contributed by atoms with Gasteiger partial charge in [0.25, 0.3) is 0 Å². The molecule has 21 heavy (non-hydrogen) atoms. The summed E-state index contributed by atoms with van der Waals surface area (Å²) in [6, 6.07) is 6.16. The van der Waals surface area contributed by atoms with E-state index in [1.54, 1.807) is 24.1 Å². The molecule has 0 saturated heterocycles. The lowest BCUT2D eigenvalue weighted by Gasteiger charge is -2.16. The van der Waals surface area contributed by atoms with Crippen molar-refractivity contribution >= 4 is 40.8 Å². The van der Waals surface area contributed by atoms with E-state index in [2.05, 4.69) is 10.2 Å². The highest BCUT2D eigenvalue weighted by Gasteiger charge is 2.12. The summed E-state index contributed by atoms with van der Waals surface area (Å²) >= 11 is 4.41. The molecular formula is C13H14FN3OS3. The van der Waals surface area contributed by atoms with E-state index < -0.39 is 0 Å². The first kappa shape index (κ1) is 16.3. The molecule has 1 aromatic carbocycles. The summed E-state index contributed by atoms with van der Waals surface area (Å²) in [5.41, 5.74) is 0.901. The quantitative estimate of drug-likeness (QED) is 0.754. The van der Waals surface area contributed by atoms with Crippen LogP contribution < -0.4 is 0 Å². The van der Waals surface area contributed by atoms with Gasteiger partial charge >= 0.3 is 0 Å². The molecule has 0 bridgehead atoms. The Morgan fingerprint density at radius 3 is 2.57 bits per heavy atom. The van der Waals surface area contributed by atoms with Crippen LogP contribution in [-0.2, 0) is 11.3 Å². The van der Waals surface area contributed by atoms with Crippen molar-refractivity contribution in [2.75, 3.05) is 19.1 Å². The highest BCUT2D eigenvalue weighted by molar-refractivity contribution is 8.03. The molecule has 8 heteroatoms. The number of thioether (sulfide) groups is 2. The van der Waals surface area contributed by atoms with Gasteiger partial charge in [-0.1, -0.05) is 47.0 Å². The number of aromatic nitrogens is 2.